The molecule has 16 nitrogen and oxygen atoms in total. The zero-order valence-corrected chi connectivity index (χ0v) is 34.1. The Bertz CT molecular complexity index is 2410. The van der Waals surface area contributed by atoms with Crippen molar-refractivity contribution in [3.05, 3.63) is 89.0 Å². The van der Waals surface area contributed by atoms with Crippen LogP contribution in [0, 0.1) is 5.82 Å². The van der Waals surface area contributed by atoms with Gasteiger partial charge < -0.3 is 26.0 Å². The Morgan fingerprint density at radius 3 is 2.57 bits per heavy atom. The molecule has 2 fully saturated rings. The minimum atomic E-state index is -1.02. The number of unbranched alkanes of at least 4 members (excludes halogenated alkanes) is 2. The van der Waals surface area contributed by atoms with Crippen LogP contribution in [0.2, 0.25) is 5.02 Å². The van der Waals surface area contributed by atoms with Gasteiger partial charge >= 0.3 is 0 Å². The van der Waals surface area contributed by atoms with E-state index in [1.807, 2.05) is 0 Å². The summed E-state index contributed by atoms with van der Waals surface area (Å²) in [6.45, 7) is 2.61. The average molecular weight is 854 g/mol. The fourth-order valence-electron chi connectivity index (χ4n) is 7.68. The summed E-state index contributed by atoms with van der Waals surface area (Å²) >= 11 is 5.95. The second-order valence-corrected chi connectivity index (χ2v) is 15.4. The average Bonchev–Trinajstić information content (AvgIpc) is 3.50. The van der Waals surface area contributed by atoms with Crippen molar-refractivity contribution in [2.45, 2.75) is 63.5 Å². The molecule has 1 unspecified atom stereocenters. The van der Waals surface area contributed by atoms with Gasteiger partial charge in [-0.25, -0.2) is 14.4 Å². The van der Waals surface area contributed by atoms with Crippen molar-refractivity contribution in [2.24, 2.45) is 0 Å². The van der Waals surface area contributed by atoms with Crippen LogP contribution >= 0.6 is 11.6 Å². The molecule has 0 bridgehead atoms. The maximum atomic E-state index is 13.7. The van der Waals surface area contributed by atoms with Gasteiger partial charge in [0, 0.05) is 74.0 Å². The summed E-state index contributed by atoms with van der Waals surface area (Å²) in [5, 5.41) is 15.1. The van der Waals surface area contributed by atoms with Crippen molar-refractivity contribution in [1.82, 2.24) is 30.4 Å². The van der Waals surface area contributed by atoms with E-state index in [1.54, 1.807) is 36.4 Å². The van der Waals surface area contributed by atoms with Crippen molar-refractivity contribution >= 4 is 80.8 Å². The monoisotopic (exact) mass is 853 g/mol. The number of halogens is 2. The van der Waals surface area contributed by atoms with E-state index in [2.05, 4.69) is 41.5 Å². The molecule has 0 radical (unpaired) electrons. The van der Waals surface area contributed by atoms with Gasteiger partial charge in [0.25, 0.3) is 11.8 Å². The van der Waals surface area contributed by atoms with Crippen LogP contribution in [0.25, 0.3) is 10.9 Å². The molecule has 3 aliphatic rings. The molecule has 0 aliphatic carbocycles. The van der Waals surface area contributed by atoms with Crippen LogP contribution in [-0.2, 0) is 19.2 Å². The molecule has 0 spiro atoms. The van der Waals surface area contributed by atoms with E-state index in [9.17, 15) is 33.2 Å². The molecule has 318 valence electrons. The number of ether oxygens (including phenoxy) is 1. The van der Waals surface area contributed by atoms with Crippen molar-refractivity contribution < 1.29 is 37.9 Å². The summed E-state index contributed by atoms with van der Waals surface area (Å²) < 4.78 is 19.2. The molecule has 4 aromatic rings. The highest BCUT2D eigenvalue weighted by atomic mass is 35.5. The number of imide groups is 2. The molecule has 3 aliphatic heterocycles. The second-order valence-electron chi connectivity index (χ2n) is 15.0. The number of benzene rings is 3. The van der Waals surface area contributed by atoms with Crippen LogP contribution in [0.1, 0.15) is 72.1 Å². The van der Waals surface area contributed by atoms with Crippen LogP contribution in [0.15, 0.2) is 67.0 Å². The number of hydrogen-bond donors (Lipinski definition) is 5. The molecule has 5 N–H and O–H groups in total. The zero-order chi connectivity index (χ0) is 43.0. The Kier molecular flexibility index (Phi) is 13.5. The van der Waals surface area contributed by atoms with E-state index in [0.29, 0.717) is 65.5 Å². The fraction of sp³-hybridized carbons (Fsp3) is 0.349. The predicted molar refractivity (Wildman–Crippen MR) is 226 cm³/mol. The molecule has 4 heterocycles. The minimum Gasteiger partial charge on any atom is -0.494 e. The zero-order valence-electron chi connectivity index (χ0n) is 33.4. The fourth-order valence-corrected chi connectivity index (χ4v) is 7.86. The van der Waals surface area contributed by atoms with Gasteiger partial charge in [-0.2, -0.15) is 0 Å². The number of fused-ring (bicyclic) bond motifs is 2. The summed E-state index contributed by atoms with van der Waals surface area (Å²) in [5.41, 5.74) is 2.46. The van der Waals surface area contributed by atoms with Crippen LogP contribution in [-0.4, -0.2) is 101 Å². The number of methoxy groups -OCH3 is 1. The summed E-state index contributed by atoms with van der Waals surface area (Å²) in [5.74, 6) is -2.22. The number of amides is 6. The van der Waals surface area contributed by atoms with Crippen molar-refractivity contribution in [2.75, 3.05) is 49.2 Å². The minimum absolute atomic E-state index is 0.0000545. The molecule has 6 amide bonds. The molecule has 7 rings (SSSR count). The molecule has 61 heavy (non-hydrogen) atoms. The van der Waals surface area contributed by atoms with Crippen LogP contribution in [0.3, 0.4) is 0 Å². The van der Waals surface area contributed by atoms with Crippen molar-refractivity contribution in [3.63, 3.8) is 0 Å². The smallest absolute Gasteiger partial charge is 0.264 e. The number of likely N-dealkylation sites (tertiary alicyclic amines) is 1. The number of hydrogen-bond acceptors (Lipinski definition) is 12. The lowest BCUT2D eigenvalue weighted by Crippen LogP contribution is -2.54. The van der Waals surface area contributed by atoms with Crippen LogP contribution in [0.4, 0.5) is 27.3 Å². The quantitative estimate of drug-likeness (QED) is 0.0552. The largest absolute Gasteiger partial charge is 0.494 e. The van der Waals surface area contributed by atoms with Gasteiger partial charge in [0.2, 0.25) is 23.6 Å². The van der Waals surface area contributed by atoms with E-state index in [1.165, 1.54) is 37.7 Å². The molecule has 18 heteroatoms. The predicted octanol–water partition coefficient (Wildman–Crippen LogP) is 5.32. The third-order valence-electron chi connectivity index (χ3n) is 10.8. The first-order valence-corrected chi connectivity index (χ1v) is 20.5. The van der Waals surface area contributed by atoms with Crippen LogP contribution in [0.5, 0.6) is 5.75 Å². The van der Waals surface area contributed by atoms with Gasteiger partial charge in [-0.15, -0.1) is 0 Å². The molecule has 1 aromatic heterocycles. The van der Waals surface area contributed by atoms with Gasteiger partial charge in [-0.1, -0.05) is 30.2 Å². The summed E-state index contributed by atoms with van der Waals surface area (Å²) in [6, 6.07) is 11.6. The number of carbonyl (C=O) groups excluding carboxylic acids is 6. The number of carbonyl (C=O) groups is 6. The maximum absolute atomic E-state index is 13.7. The van der Waals surface area contributed by atoms with Crippen molar-refractivity contribution in [3.8, 4) is 5.75 Å². The Labute approximate surface area is 355 Å². The van der Waals surface area contributed by atoms with Crippen molar-refractivity contribution in [1.29, 1.82) is 0 Å². The number of nitrogens with one attached hydrogen (secondary N) is 5. The summed E-state index contributed by atoms with van der Waals surface area (Å²) in [4.78, 5) is 87.9. The van der Waals surface area contributed by atoms with Gasteiger partial charge in [0.15, 0.2) is 0 Å². The SMILES string of the molecule is COc1cc2ncnc(Nc3ccc(F)c(Cl)c3)c2cc1NC(=O)C=CCN1CCC(NC(=O)CCCCCNc2cccc3c2C(=O)N(C2CCC(=O)NC2=O)C3=O)CC1. The van der Waals surface area contributed by atoms with Crippen LogP contribution < -0.4 is 31.3 Å². The molecular formula is C43H45ClFN9O7. The lowest BCUT2D eigenvalue weighted by Gasteiger charge is -2.31. The number of rotatable bonds is 16. The van der Waals surface area contributed by atoms with E-state index in [0.717, 1.165) is 43.7 Å². The number of nitrogens with zero attached hydrogens (tertiary/aromatic N) is 4. The van der Waals surface area contributed by atoms with Gasteiger partial charge in [-0.3, -0.25) is 43.9 Å². The second kappa shape index (κ2) is 19.3. The third-order valence-corrected chi connectivity index (χ3v) is 11.1. The van der Waals surface area contributed by atoms with E-state index >= 15 is 0 Å². The molecular weight excluding hydrogens is 809 g/mol. The Balaban J connectivity index is 0.801. The first-order valence-electron chi connectivity index (χ1n) is 20.1. The Morgan fingerprint density at radius 2 is 1.80 bits per heavy atom. The summed E-state index contributed by atoms with van der Waals surface area (Å²) in [7, 11) is 1.50. The Hall–Kier alpha value is -6.46. The molecule has 3 aromatic carbocycles. The normalized spacial score (nSPS) is 17.1. The standard InChI is InChI=1S/C43H45ClFN9O7/c1-61-35-23-32-28(40(48-24-47-32)50-26-11-12-30(45)29(44)21-26)22-33(35)51-37(56)10-6-18-53-19-15-25(16-20-53)49-36(55)9-3-2-4-17-46-31-8-5-7-27-39(31)43(60)54(42(27)59)34-13-14-38(57)52-41(34)58/h5-8,10-12,21-25,34,46H,2-4,9,13-20H2,1H3,(H,49,55)(H,51,56)(H,47,48,50)(H,52,57,58). The maximum Gasteiger partial charge on any atom is 0.264 e. The lowest BCUT2D eigenvalue weighted by atomic mass is 10.0. The third kappa shape index (κ3) is 10.1. The van der Waals surface area contributed by atoms with E-state index < -0.39 is 35.5 Å². The topological polar surface area (TPSA) is 204 Å². The van der Waals surface area contributed by atoms with E-state index in [4.69, 9.17) is 16.3 Å². The Morgan fingerprint density at radius 1 is 0.984 bits per heavy atom. The number of piperidine rings is 2. The highest BCUT2D eigenvalue weighted by Gasteiger charge is 2.45. The molecule has 2 saturated heterocycles. The molecule has 1 atom stereocenters. The van der Waals surface area contributed by atoms with Gasteiger partial charge in [-0.05, 0) is 68.5 Å². The number of aromatic nitrogens is 2. The molecule has 0 saturated carbocycles. The highest BCUT2D eigenvalue weighted by Crippen LogP contribution is 2.35. The number of anilines is 4. The highest BCUT2D eigenvalue weighted by molar-refractivity contribution is 6.31. The summed E-state index contributed by atoms with van der Waals surface area (Å²) in [6.07, 6.45) is 8.96. The lowest BCUT2D eigenvalue weighted by molar-refractivity contribution is -0.136. The van der Waals surface area contributed by atoms with Gasteiger partial charge in [0.05, 0.1) is 34.5 Å². The van der Waals surface area contributed by atoms with Gasteiger partial charge in [0.1, 0.15) is 29.8 Å². The first kappa shape index (κ1) is 42.7. The van der Waals surface area contributed by atoms with E-state index in [-0.39, 0.29) is 46.8 Å². The first-order chi connectivity index (χ1) is 29.5.